The van der Waals surface area contributed by atoms with E-state index in [9.17, 15) is 4.79 Å². The molecular formula is C14H18N2O3. The lowest BCUT2D eigenvalue weighted by atomic mass is 10.1. The summed E-state index contributed by atoms with van der Waals surface area (Å²) in [5.74, 6) is -0.341. The molecule has 0 amide bonds. The van der Waals surface area contributed by atoms with E-state index in [-0.39, 0.29) is 0 Å². The first-order chi connectivity index (χ1) is 9.12. The van der Waals surface area contributed by atoms with Crippen LogP contribution in [0.5, 0.6) is 5.75 Å². The molecule has 102 valence electrons. The van der Waals surface area contributed by atoms with Gasteiger partial charge in [-0.05, 0) is 24.1 Å². The van der Waals surface area contributed by atoms with Gasteiger partial charge in [0.1, 0.15) is 17.9 Å². The third-order valence-electron chi connectivity index (χ3n) is 2.81. The molecule has 0 saturated heterocycles. The predicted molar refractivity (Wildman–Crippen MR) is 70.9 cm³/mol. The van der Waals surface area contributed by atoms with Crippen LogP contribution in [-0.2, 0) is 11.3 Å². The van der Waals surface area contributed by atoms with Gasteiger partial charge in [0.15, 0.2) is 0 Å². The van der Waals surface area contributed by atoms with Crippen molar-refractivity contribution in [3.63, 3.8) is 0 Å². The Morgan fingerprint density at radius 1 is 1.58 bits per heavy atom. The highest BCUT2D eigenvalue weighted by Gasteiger charge is 2.15. The quantitative estimate of drug-likeness (QED) is 0.784. The molecule has 0 aliphatic heterocycles. The molecule has 19 heavy (non-hydrogen) atoms. The molecule has 1 unspecified atom stereocenters. The zero-order valence-electron chi connectivity index (χ0n) is 11.1. The van der Waals surface area contributed by atoms with Gasteiger partial charge in [-0.15, -0.1) is 0 Å². The van der Waals surface area contributed by atoms with Gasteiger partial charge in [-0.3, -0.25) is 4.79 Å². The number of nitrogens with one attached hydrogen (secondary N) is 1. The summed E-state index contributed by atoms with van der Waals surface area (Å²) >= 11 is 0. The molecule has 0 spiro atoms. The number of carbonyl (C=O) groups is 1. The van der Waals surface area contributed by atoms with Gasteiger partial charge in [-0.25, -0.2) is 0 Å². The highest BCUT2D eigenvalue weighted by molar-refractivity contribution is 5.73. The Kier molecular flexibility index (Phi) is 5.83. The Bertz CT molecular complexity index is 480. The van der Waals surface area contributed by atoms with Crippen LogP contribution in [0.1, 0.15) is 30.9 Å². The molecule has 0 aliphatic rings. The molecule has 0 heterocycles. The van der Waals surface area contributed by atoms with Crippen LogP contribution in [0, 0.1) is 11.3 Å². The van der Waals surface area contributed by atoms with Crippen molar-refractivity contribution < 1.29 is 14.6 Å². The molecule has 0 fully saturated rings. The minimum Gasteiger partial charge on any atom is -0.495 e. The van der Waals surface area contributed by atoms with Gasteiger partial charge in [-0.2, -0.15) is 5.26 Å². The van der Waals surface area contributed by atoms with Crippen molar-refractivity contribution in [1.82, 2.24) is 5.32 Å². The zero-order valence-corrected chi connectivity index (χ0v) is 11.1. The average molecular weight is 262 g/mol. The summed E-state index contributed by atoms with van der Waals surface area (Å²) in [6.07, 6.45) is 1.39. The lowest BCUT2D eigenvalue weighted by Crippen LogP contribution is -2.35. The lowest BCUT2D eigenvalue weighted by molar-refractivity contribution is -0.139. The van der Waals surface area contributed by atoms with E-state index in [0.717, 1.165) is 12.0 Å². The number of nitrogens with zero attached hydrogens (tertiary/aromatic N) is 1. The maximum atomic E-state index is 11.0. The Balaban J connectivity index is 2.72. The lowest BCUT2D eigenvalue weighted by Gasteiger charge is -2.14. The number of ether oxygens (including phenoxy) is 1. The standard InChI is InChI=1S/C14H18N2O3/c1-3-4-12(14(17)18)16-9-10-5-6-11(8-15)13(7-10)19-2/h5-7,12,16H,3-4,9H2,1-2H3,(H,17,18). The smallest absolute Gasteiger partial charge is 0.320 e. The van der Waals surface area contributed by atoms with Gasteiger partial charge < -0.3 is 15.2 Å². The van der Waals surface area contributed by atoms with Gasteiger partial charge >= 0.3 is 5.97 Å². The van der Waals surface area contributed by atoms with Gasteiger partial charge in [0.2, 0.25) is 0 Å². The topological polar surface area (TPSA) is 82.3 Å². The number of rotatable bonds is 7. The first-order valence-corrected chi connectivity index (χ1v) is 6.15. The van der Waals surface area contributed by atoms with E-state index >= 15 is 0 Å². The number of methoxy groups -OCH3 is 1. The summed E-state index contributed by atoms with van der Waals surface area (Å²) in [6, 6.07) is 6.70. The summed E-state index contributed by atoms with van der Waals surface area (Å²) in [4.78, 5) is 11.0. The highest BCUT2D eigenvalue weighted by atomic mass is 16.5. The maximum Gasteiger partial charge on any atom is 0.320 e. The Labute approximate surface area is 112 Å². The number of nitriles is 1. The van der Waals surface area contributed by atoms with Crippen molar-refractivity contribution in [2.24, 2.45) is 0 Å². The van der Waals surface area contributed by atoms with Crippen molar-refractivity contribution in [3.05, 3.63) is 29.3 Å². The third kappa shape index (κ3) is 4.27. The van der Waals surface area contributed by atoms with E-state index in [1.165, 1.54) is 7.11 Å². The monoisotopic (exact) mass is 262 g/mol. The summed E-state index contributed by atoms with van der Waals surface area (Å²) in [5.41, 5.74) is 1.35. The van der Waals surface area contributed by atoms with Gasteiger partial charge in [-0.1, -0.05) is 19.4 Å². The molecule has 2 N–H and O–H groups in total. The molecule has 1 aromatic rings. The van der Waals surface area contributed by atoms with E-state index in [2.05, 4.69) is 5.32 Å². The summed E-state index contributed by atoms with van der Waals surface area (Å²) in [5, 5.41) is 20.9. The molecule has 0 aliphatic carbocycles. The first kappa shape index (κ1) is 15.0. The van der Waals surface area contributed by atoms with Crippen LogP contribution < -0.4 is 10.1 Å². The molecule has 1 aromatic carbocycles. The summed E-state index contributed by atoms with van der Waals surface area (Å²) < 4.78 is 5.11. The molecule has 5 nitrogen and oxygen atoms in total. The minimum absolute atomic E-state index is 0.430. The fraction of sp³-hybridized carbons (Fsp3) is 0.429. The van der Waals surface area contributed by atoms with E-state index in [4.69, 9.17) is 15.1 Å². The van der Waals surface area contributed by atoms with E-state index < -0.39 is 12.0 Å². The number of benzene rings is 1. The largest absolute Gasteiger partial charge is 0.495 e. The molecule has 0 bridgehead atoms. The summed E-state index contributed by atoms with van der Waals surface area (Å²) in [6.45, 7) is 2.38. The number of hydrogen-bond donors (Lipinski definition) is 2. The fourth-order valence-corrected chi connectivity index (χ4v) is 1.78. The molecule has 1 rings (SSSR count). The van der Waals surface area contributed by atoms with Crippen molar-refractivity contribution in [2.75, 3.05) is 7.11 Å². The van der Waals surface area contributed by atoms with Crippen LogP contribution in [0.25, 0.3) is 0 Å². The Morgan fingerprint density at radius 2 is 2.32 bits per heavy atom. The number of aliphatic carboxylic acids is 1. The van der Waals surface area contributed by atoms with Crippen LogP contribution >= 0.6 is 0 Å². The molecular weight excluding hydrogens is 244 g/mol. The van der Waals surface area contributed by atoms with Gasteiger partial charge in [0.25, 0.3) is 0 Å². The van der Waals surface area contributed by atoms with E-state index in [1.807, 2.05) is 13.0 Å². The van der Waals surface area contributed by atoms with Crippen LogP contribution in [0.4, 0.5) is 0 Å². The van der Waals surface area contributed by atoms with Gasteiger partial charge in [0.05, 0.1) is 12.7 Å². The molecule has 5 heteroatoms. The first-order valence-electron chi connectivity index (χ1n) is 6.15. The third-order valence-corrected chi connectivity index (χ3v) is 2.81. The second-order valence-electron chi connectivity index (χ2n) is 4.21. The second kappa shape index (κ2) is 7.39. The average Bonchev–Trinajstić information content (AvgIpc) is 2.42. The highest BCUT2D eigenvalue weighted by Crippen LogP contribution is 2.19. The van der Waals surface area contributed by atoms with E-state index in [0.29, 0.717) is 24.3 Å². The van der Waals surface area contributed by atoms with Crippen molar-refractivity contribution >= 4 is 5.97 Å². The van der Waals surface area contributed by atoms with Crippen molar-refractivity contribution in [1.29, 1.82) is 5.26 Å². The second-order valence-corrected chi connectivity index (χ2v) is 4.21. The molecule has 0 saturated carbocycles. The maximum absolute atomic E-state index is 11.0. The zero-order chi connectivity index (χ0) is 14.3. The number of carboxylic acids is 1. The Morgan fingerprint density at radius 3 is 2.84 bits per heavy atom. The summed E-state index contributed by atoms with van der Waals surface area (Å²) in [7, 11) is 1.50. The number of hydrogen-bond acceptors (Lipinski definition) is 4. The fourth-order valence-electron chi connectivity index (χ4n) is 1.78. The van der Waals surface area contributed by atoms with Crippen LogP contribution in [0.3, 0.4) is 0 Å². The van der Waals surface area contributed by atoms with Crippen molar-refractivity contribution in [3.8, 4) is 11.8 Å². The molecule has 0 radical (unpaired) electrons. The SMILES string of the molecule is CCCC(NCc1ccc(C#N)c(OC)c1)C(=O)O. The minimum atomic E-state index is -0.845. The van der Waals surface area contributed by atoms with E-state index in [1.54, 1.807) is 18.2 Å². The normalized spacial score (nSPS) is 11.6. The predicted octanol–water partition coefficient (Wildman–Crippen LogP) is 1.91. The van der Waals surface area contributed by atoms with Crippen LogP contribution in [0.2, 0.25) is 0 Å². The van der Waals surface area contributed by atoms with Crippen LogP contribution in [-0.4, -0.2) is 24.2 Å². The molecule has 0 aromatic heterocycles. The Hall–Kier alpha value is -2.06. The van der Waals surface area contributed by atoms with Crippen LogP contribution in [0.15, 0.2) is 18.2 Å². The number of carboxylic acid groups (broad SMARTS) is 1. The van der Waals surface area contributed by atoms with Crippen molar-refractivity contribution in [2.45, 2.75) is 32.4 Å². The van der Waals surface area contributed by atoms with Gasteiger partial charge in [0, 0.05) is 6.54 Å². The molecule has 1 atom stereocenters.